The molecule has 8 heteroatoms. The minimum atomic E-state index is -0.558. The summed E-state index contributed by atoms with van der Waals surface area (Å²) in [5, 5.41) is 7.43. The lowest BCUT2D eigenvalue weighted by atomic mass is 10.1. The summed E-state index contributed by atoms with van der Waals surface area (Å²) in [4.78, 5) is 10.2. The molecular formula is C18H25F2IN4S. The van der Waals surface area contributed by atoms with E-state index in [-0.39, 0.29) is 24.0 Å². The molecule has 4 nitrogen and oxygen atoms in total. The van der Waals surface area contributed by atoms with Gasteiger partial charge in [0, 0.05) is 43.2 Å². The molecule has 0 amide bonds. The highest BCUT2D eigenvalue weighted by Crippen LogP contribution is 2.13. The second kappa shape index (κ2) is 12.2. The van der Waals surface area contributed by atoms with Gasteiger partial charge in [0.1, 0.15) is 11.6 Å². The van der Waals surface area contributed by atoms with Crippen LogP contribution >= 0.6 is 35.3 Å². The molecule has 2 rings (SSSR count). The van der Waals surface area contributed by atoms with Crippen LogP contribution in [0.3, 0.4) is 0 Å². The van der Waals surface area contributed by atoms with Gasteiger partial charge in [-0.25, -0.2) is 13.8 Å². The summed E-state index contributed by atoms with van der Waals surface area (Å²) in [7, 11) is 0. The van der Waals surface area contributed by atoms with Crippen molar-refractivity contribution >= 4 is 41.3 Å². The SMILES string of the molecule is CCNC(=NCCc1ncc(CC)s1)NCCc1ccc(F)cc1F.I. The lowest BCUT2D eigenvalue weighted by Crippen LogP contribution is -2.38. The normalized spacial score (nSPS) is 11.2. The number of aliphatic imine (C=N–C) groups is 1. The second-order valence-corrected chi connectivity index (χ2v) is 6.70. The summed E-state index contributed by atoms with van der Waals surface area (Å²) in [6, 6.07) is 3.66. The van der Waals surface area contributed by atoms with E-state index < -0.39 is 11.6 Å². The van der Waals surface area contributed by atoms with Crippen LogP contribution in [0.15, 0.2) is 29.4 Å². The fraction of sp³-hybridized carbons (Fsp3) is 0.444. The average Bonchev–Trinajstić information content (AvgIpc) is 3.05. The average molecular weight is 494 g/mol. The summed E-state index contributed by atoms with van der Waals surface area (Å²) in [6.07, 6.45) is 4.19. The summed E-state index contributed by atoms with van der Waals surface area (Å²) in [6.45, 7) is 6.01. The molecule has 1 aromatic carbocycles. The molecule has 0 saturated carbocycles. The minimum Gasteiger partial charge on any atom is -0.357 e. The van der Waals surface area contributed by atoms with Crippen LogP contribution in [0.25, 0.3) is 0 Å². The van der Waals surface area contributed by atoms with Crippen LogP contribution in [0.2, 0.25) is 0 Å². The van der Waals surface area contributed by atoms with Crippen LogP contribution in [-0.4, -0.2) is 30.6 Å². The van der Waals surface area contributed by atoms with Crippen molar-refractivity contribution in [3.8, 4) is 0 Å². The first-order chi connectivity index (χ1) is 12.1. The molecule has 0 aliphatic rings. The quantitative estimate of drug-likeness (QED) is 0.332. The summed E-state index contributed by atoms with van der Waals surface area (Å²) >= 11 is 1.72. The third-order valence-corrected chi connectivity index (χ3v) is 4.79. The molecule has 0 aliphatic carbocycles. The van der Waals surface area contributed by atoms with Crippen LogP contribution in [0.5, 0.6) is 0 Å². The Morgan fingerprint density at radius 1 is 1.19 bits per heavy atom. The predicted molar refractivity (Wildman–Crippen MR) is 115 cm³/mol. The van der Waals surface area contributed by atoms with Crippen LogP contribution in [0.1, 0.15) is 29.3 Å². The number of aryl methyl sites for hydroxylation is 1. The number of nitrogens with one attached hydrogen (secondary N) is 2. The molecule has 2 N–H and O–H groups in total. The Hall–Kier alpha value is -1.29. The standard InChI is InChI=1S/C18H24F2N4S.HI/c1-3-15-12-24-17(25-15)8-10-23-18(21-4-2)22-9-7-13-5-6-14(19)11-16(13)20;/h5-6,11-12H,3-4,7-10H2,1-2H3,(H2,21,22,23);1H. The Bertz CT molecular complexity index is 706. The fourth-order valence-electron chi connectivity index (χ4n) is 2.27. The Morgan fingerprint density at radius 3 is 2.65 bits per heavy atom. The maximum Gasteiger partial charge on any atom is 0.191 e. The van der Waals surface area contributed by atoms with Crippen molar-refractivity contribution in [1.82, 2.24) is 15.6 Å². The monoisotopic (exact) mass is 494 g/mol. The van der Waals surface area contributed by atoms with Gasteiger partial charge in [-0.3, -0.25) is 4.99 Å². The van der Waals surface area contributed by atoms with E-state index in [4.69, 9.17) is 0 Å². The van der Waals surface area contributed by atoms with Crippen LogP contribution in [-0.2, 0) is 19.3 Å². The summed E-state index contributed by atoms with van der Waals surface area (Å²) in [5.41, 5.74) is 0.486. The molecule has 0 fully saturated rings. The van der Waals surface area contributed by atoms with E-state index >= 15 is 0 Å². The lowest BCUT2D eigenvalue weighted by Gasteiger charge is -2.11. The molecular weight excluding hydrogens is 469 g/mol. The van der Waals surface area contributed by atoms with E-state index in [2.05, 4.69) is 27.5 Å². The molecule has 1 aromatic heterocycles. The largest absolute Gasteiger partial charge is 0.357 e. The molecule has 0 aliphatic heterocycles. The number of thiazole rings is 1. The number of hydrogen-bond acceptors (Lipinski definition) is 3. The van der Waals surface area contributed by atoms with Crippen LogP contribution in [0.4, 0.5) is 8.78 Å². The minimum absolute atomic E-state index is 0. The predicted octanol–water partition coefficient (Wildman–Crippen LogP) is 3.94. The van der Waals surface area contributed by atoms with E-state index in [0.717, 1.165) is 30.5 Å². The van der Waals surface area contributed by atoms with Crippen LogP contribution in [0, 0.1) is 11.6 Å². The highest BCUT2D eigenvalue weighted by Gasteiger charge is 2.05. The van der Waals surface area contributed by atoms with Crippen molar-refractivity contribution < 1.29 is 8.78 Å². The van der Waals surface area contributed by atoms with E-state index in [1.165, 1.54) is 17.0 Å². The summed E-state index contributed by atoms with van der Waals surface area (Å²) < 4.78 is 26.5. The molecule has 1 heterocycles. The van der Waals surface area contributed by atoms with Crippen molar-refractivity contribution in [3.05, 3.63) is 51.5 Å². The molecule has 0 saturated heterocycles. The zero-order valence-corrected chi connectivity index (χ0v) is 18.2. The smallest absolute Gasteiger partial charge is 0.191 e. The van der Waals surface area contributed by atoms with Gasteiger partial charge < -0.3 is 10.6 Å². The zero-order chi connectivity index (χ0) is 18.1. The Morgan fingerprint density at radius 2 is 2.00 bits per heavy atom. The first kappa shape index (κ1) is 22.8. The first-order valence-electron chi connectivity index (χ1n) is 8.52. The topological polar surface area (TPSA) is 49.3 Å². The van der Waals surface area contributed by atoms with Gasteiger partial charge in [0.2, 0.25) is 0 Å². The van der Waals surface area contributed by atoms with E-state index in [1.807, 2.05) is 13.1 Å². The molecule has 0 bridgehead atoms. The first-order valence-corrected chi connectivity index (χ1v) is 9.33. The Kier molecular flexibility index (Phi) is 10.6. The summed E-state index contributed by atoms with van der Waals surface area (Å²) in [5.74, 6) is -0.381. The molecule has 26 heavy (non-hydrogen) atoms. The Labute approximate surface area is 174 Å². The molecule has 2 aromatic rings. The number of halogens is 3. The maximum atomic E-state index is 13.6. The van der Waals surface area contributed by atoms with E-state index in [0.29, 0.717) is 31.0 Å². The van der Waals surface area contributed by atoms with Gasteiger partial charge in [-0.1, -0.05) is 13.0 Å². The number of guanidine groups is 1. The van der Waals surface area contributed by atoms with E-state index in [1.54, 1.807) is 11.3 Å². The number of hydrogen-bond donors (Lipinski definition) is 2. The van der Waals surface area contributed by atoms with Gasteiger partial charge in [-0.2, -0.15) is 0 Å². The maximum absolute atomic E-state index is 13.6. The van der Waals surface area contributed by atoms with Gasteiger partial charge in [0.05, 0.1) is 5.01 Å². The molecule has 0 unspecified atom stereocenters. The van der Waals surface area contributed by atoms with Gasteiger partial charge in [0.15, 0.2) is 5.96 Å². The van der Waals surface area contributed by atoms with E-state index in [9.17, 15) is 8.78 Å². The number of aromatic nitrogens is 1. The van der Waals surface area contributed by atoms with Crippen molar-refractivity contribution in [1.29, 1.82) is 0 Å². The van der Waals surface area contributed by atoms with Crippen molar-refractivity contribution in [2.45, 2.75) is 33.1 Å². The van der Waals surface area contributed by atoms with Crippen molar-refractivity contribution in [2.75, 3.05) is 19.6 Å². The van der Waals surface area contributed by atoms with Crippen molar-refractivity contribution in [2.24, 2.45) is 4.99 Å². The van der Waals surface area contributed by atoms with Crippen molar-refractivity contribution in [3.63, 3.8) is 0 Å². The van der Waals surface area contributed by atoms with Gasteiger partial charge in [0.25, 0.3) is 0 Å². The molecule has 144 valence electrons. The molecule has 0 spiro atoms. The molecule has 0 radical (unpaired) electrons. The number of rotatable bonds is 8. The number of benzene rings is 1. The van der Waals surface area contributed by atoms with Crippen LogP contribution < -0.4 is 10.6 Å². The third-order valence-electron chi connectivity index (χ3n) is 3.59. The van der Waals surface area contributed by atoms with Gasteiger partial charge in [-0.15, -0.1) is 35.3 Å². The zero-order valence-electron chi connectivity index (χ0n) is 15.0. The van der Waals surface area contributed by atoms with Gasteiger partial charge in [-0.05, 0) is 31.4 Å². The number of nitrogens with zero attached hydrogens (tertiary/aromatic N) is 2. The van der Waals surface area contributed by atoms with Gasteiger partial charge >= 0.3 is 0 Å². The fourth-order valence-corrected chi connectivity index (χ4v) is 3.12. The highest BCUT2D eigenvalue weighted by molar-refractivity contribution is 14.0. The molecule has 0 atom stereocenters. The Balaban J connectivity index is 0.00000338. The highest BCUT2D eigenvalue weighted by atomic mass is 127. The lowest BCUT2D eigenvalue weighted by molar-refractivity contribution is 0.570. The third kappa shape index (κ3) is 7.53. The second-order valence-electron chi connectivity index (χ2n) is 5.50.